The predicted molar refractivity (Wildman–Crippen MR) is 81.9 cm³/mol. The zero-order valence-corrected chi connectivity index (χ0v) is 12.0. The van der Waals surface area contributed by atoms with Crippen LogP contribution in [0.25, 0.3) is 0 Å². The summed E-state index contributed by atoms with van der Waals surface area (Å²) in [4.78, 5) is 2.39. The molecule has 0 radical (unpaired) electrons. The Morgan fingerprint density at radius 1 is 1.05 bits per heavy atom. The molecule has 0 aromatic heterocycles. The van der Waals surface area contributed by atoms with Crippen molar-refractivity contribution in [2.75, 3.05) is 19.7 Å². The Bertz CT molecular complexity index is 566. The summed E-state index contributed by atoms with van der Waals surface area (Å²) in [5.41, 5.74) is 2.48. The second kappa shape index (κ2) is 5.96. The first kappa shape index (κ1) is 13.6. The molecule has 1 aliphatic heterocycles. The number of aliphatic hydroxyl groups is 1. The Balaban J connectivity index is 1.92. The van der Waals surface area contributed by atoms with Crippen LogP contribution in [-0.2, 0) is 0 Å². The van der Waals surface area contributed by atoms with Crippen LogP contribution in [0.15, 0.2) is 54.6 Å². The highest BCUT2D eigenvalue weighted by molar-refractivity contribution is 6.30. The molecule has 1 fully saturated rings. The van der Waals surface area contributed by atoms with E-state index in [2.05, 4.69) is 35.2 Å². The topological polar surface area (TPSA) is 23.5 Å². The predicted octanol–water partition coefficient (Wildman–Crippen LogP) is 3.35. The van der Waals surface area contributed by atoms with E-state index in [9.17, 15) is 5.11 Å². The third-order valence-corrected chi connectivity index (χ3v) is 4.12. The lowest BCUT2D eigenvalue weighted by atomic mass is 9.91. The Morgan fingerprint density at radius 2 is 1.75 bits per heavy atom. The number of aliphatic hydroxyl groups excluding tert-OH is 1. The van der Waals surface area contributed by atoms with Crippen LogP contribution in [0.3, 0.4) is 0 Å². The fraction of sp³-hybridized carbons (Fsp3) is 0.294. The van der Waals surface area contributed by atoms with Crippen LogP contribution in [0.1, 0.15) is 17.2 Å². The van der Waals surface area contributed by atoms with E-state index in [0.717, 1.165) is 18.1 Å². The molecule has 3 heteroatoms. The van der Waals surface area contributed by atoms with Gasteiger partial charge in [-0.15, -0.1) is 0 Å². The van der Waals surface area contributed by atoms with Crippen molar-refractivity contribution in [1.82, 2.24) is 4.90 Å². The smallest absolute Gasteiger partial charge is 0.0602 e. The highest BCUT2D eigenvalue weighted by atomic mass is 35.5. The van der Waals surface area contributed by atoms with Crippen molar-refractivity contribution in [2.24, 2.45) is 5.92 Å². The second-order valence-corrected chi connectivity index (χ2v) is 5.81. The average Bonchev–Trinajstić information content (AvgIpc) is 2.43. The van der Waals surface area contributed by atoms with Gasteiger partial charge in [0.05, 0.1) is 6.04 Å². The lowest BCUT2D eigenvalue weighted by Crippen LogP contribution is -2.50. The number of benzene rings is 2. The summed E-state index contributed by atoms with van der Waals surface area (Å²) >= 11 is 6.14. The summed E-state index contributed by atoms with van der Waals surface area (Å²) in [6.45, 7) is 2.14. The Morgan fingerprint density at radius 3 is 2.40 bits per heavy atom. The van der Waals surface area contributed by atoms with Gasteiger partial charge in [0.15, 0.2) is 0 Å². The number of nitrogens with zero attached hydrogens (tertiary/aromatic N) is 1. The highest BCUT2D eigenvalue weighted by Crippen LogP contribution is 2.34. The zero-order chi connectivity index (χ0) is 13.9. The van der Waals surface area contributed by atoms with Crippen LogP contribution < -0.4 is 0 Å². The van der Waals surface area contributed by atoms with E-state index in [1.807, 2.05) is 24.3 Å². The molecule has 2 aromatic carbocycles. The summed E-state index contributed by atoms with van der Waals surface area (Å²) < 4.78 is 0. The van der Waals surface area contributed by atoms with Crippen LogP contribution in [0.4, 0.5) is 0 Å². The molecule has 1 saturated heterocycles. The van der Waals surface area contributed by atoms with Gasteiger partial charge in [-0.05, 0) is 23.3 Å². The molecule has 2 nitrogen and oxygen atoms in total. The van der Waals surface area contributed by atoms with Crippen LogP contribution in [0.2, 0.25) is 5.02 Å². The molecule has 3 rings (SSSR count). The van der Waals surface area contributed by atoms with Gasteiger partial charge in [0.2, 0.25) is 0 Å². The molecule has 0 aliphatic carbocycles. The third kappa shape index (κ3) is 2.73. The van der Waals surface area contributed by atoms with Gasteiger partial charge in [-0.3, -0.25) is 4.90 Å². The van der Waals surface area contributed by atoms with Crippen LogP contribution >= 0.6 is 11.6 Å². The third-order valence-electron chi connectivity index (χ3n) is 3.89. The minimum absolute atomic E-state index is 0.220. The van der Waals surface area contributed by atoms with Crippen LogP contribution in [0, 0.1) is 5.92 Å². The van der Waals surface area contributed by atoms with E-state index in [4.69, 9.17) is 11.6 Å². The number of hydrogen-bond acceptors (Lipinski definition) is 2. The normalized spacial score (nSPS) is 17.7. The van der Waals surface area contributed by atoms with Gasteiger partial charge in [0.1, 0.15) is 0 Å². The molecule has 20 heavy (non-hydrogen) atoms. The first-order valence-electron chi connectivity index (χ1n) is 6.93. The van der Waals surface area contributed by atoms with Crippen molar-refractivity contribution >= 4 is 11.6 Å². The zero-order valence-electron chi connectivity index (χ0n) is 11.2. The fourth-order valence-corrected chi connectivity index (χ4v) is 3.06. The average molecular weight is 288 g/mol. The second-order valence-electron chi connectivity index (χ2n) is 5.37. The van der Waals surface area contributed by atoms with Crippen molar-refractivity contribution in [3.8, 4) is 0 Å². The molecule has 2 aromatic rings. The SMILES string of the molecule is OCC1CN(C(c2ccccc2)c2cccc(Cl)c2)C1. The Kier molecular flexibility index (Phi) is 4.06. The van der Waals surface area contributed by atoms with Gasteiger partial charge in [-0.1, -0.05) is 54.1 Å². The molecule has 1 unspecified atom stereocenters. The van der Waals surface area contributed by atoms with Crippen molar-refractivity contribution in [1.29, 1.82) is 0 Å². The summed E-state index contributed by atoms with van der Waals surface area (Å²) in [5.74, 6) is 0.403. The monoisotopic (exact) mass is 287 g/mol. The van der Waals surface area contributed by atoms with Gasteiger partial charge in [-0.2, -0.15) is 0 Å². The fourth-order valence-electron chi connectivity index (χ4n) is 2.86. The molecule has 0 saturated carbocycles. The summed E-state index contributed by atoms with van der Waals surface area (Å²) in [6.07, 6.45) is 0. The molecule has 104 valence electrons. The van der Waals surface area contributed by atoms with Crippen LogP contribution in [-0.4, -0.2) is 29.7 Å². The largest absolute Gasteiger partial charge is 0.396 e. The van der Waals surface area contributed by atoms with E-state index >= 15 is 0 Å². The molecule has 1 heterocycles. The molecule has 0 amide bonds. The van der Waals surface area contributed by atoms with E-state index < -0.39 is 0 Å². The standard InChI is InChI=1S/C17H18ClNO/c18-16-8-4-7-15(9-16)17(14-5-2-1-3-6-14)19-10-13(11-19)12-20/h1-9,13,17,20H,10-12H2. The lowest BCUT2D eigenvalue weighted by Gasteiger charge is -2.44. The molecule has 0 spiro atoms. The summed E-state index contributed by atoms with van der Waals surface area (Å²) in [6, 6.07) is 18.7. The molecular weight excluding hydrogens is 270 g/mol. The number of rotatable bonds is 4. The molecule has 1 aliphatic rings. The van der Waals surface area contributed by atoms with Gasteiger partial charge in [-0.25, -0.2) is 0 Å². The van der Waals surface area contributed by atoms with E-state index in [0.29, 0.717) is 5.92 Å². The molecular formula is C17H18ClNO. The van der Waals surface area contributed by atoms with E-state index in [1.54, 1.807) is 0 Å². The number of halogens is 1. The first-order chi connectivity index (χ1) is 9.78. The van der Waals surface area contributed by atoms with Crippen molar-refractivity contribution < 1.29 is 5.11 Å². The quantitative estimate of drug-likeness (QED) is 0.932. The lowest BCUT2D eigenvalue weighted by molar-refractivity contribution is 0.0310. The van der Waals surface area contributed by atoms with E-state index in [-0.39, 0.29) is 12.6 Å². The first-order valence-corrected chi connectivity index (χ1v) is 7.31. The highest BCUT2D eigenvalue weighted by Gasteiger charge is 2.33. The van der Waals surface area contributed by atoms with Crippen molar-refractivity contribution in [3.05, 3.63) is 70.7 Å². The Labute approximate surface area is 124 Å². The van der Waals surface area contributed by atoms with Gasteiger partial charge in [0.25, 0.3) is 0 Å². The molecule has 0 bridgehead atoms. The number of likely N-dealkylation sites (tertiary alicyclic amines) is 1. The maximum Gasteiger partial charge on any atom is 0.0602 e. The van der Waals surface area contributed by atoms with Crippen molar-refractivity contribution in [2.45, 2.75) is 6.04 Å². The summed E-state index contributed by atoms with van der Waals surface area (Å²) in [7, 11) is 0. The Hall–Kier alpha value is -1.35. The minimum Gasteiger partial charge on any atom is -0.396 e. The van der Waals surface area contributed by atoms with Gasteiger partial charge >= 0.3 is 0 Å². The molecule has 1 N–H and O–H groups in total. The van der Waals surface area contributed by atoms with Gasteiger partial charge < -0.3 is 5.11 Å². The molecule has 1 atom stereocenters. The van der Waals surface area contributed by atoms with Crippen LogP contribution in [0.5, 0.6) is 0 Å². The summed E-state index contributed by atoms with van der Waals surface area (Å²) in [5, 5.41) is 9.99. The minimum atomic E-state index is 0.220. The van der Waals surface area contributed by atoms with Gasteiger partial charge in [0, 0.05) is 30.6 Å². The number of hydrogen-bond donors (Lipinski definition) is 1. The maximum atomic E-state index is 9.22. The van der Waals surface area contributed by atoms with E-state index in [1.165, 1.54) is 11.1 Å². The van der Waals surface area contributed by atoms with Crippen molar-refractivity contribution in [3.63, 3.8) is 0 Å². The maximum absolute atomic E-state index is 9.22.